The molecule has 104 valence electrons. The summed E-state index contributed by atoms with van der Waals surface area (Å²) in [5.74, 6) is 0.651. The molecule has 1 aliphatic carbocycles. The predicted molar refractivity (Wildman–Crippen MR) is 85.4 cm³/mol. The first-order valence-electron chi connectivity index (χ1n) is 7.11. The first-order chi connectivity index (χ1) is 7.94. The fraction of sp³-hybridized carbons (Fsp3) is 0.750. The molecular formula is C16H31NSi. The lowest BCUT2D eigenvalue weighted by Gasteiger charge is -2.34. The van der Waals surface area contributed by atoms with Gasteiger partial charge in [0, 0.05) is 5.54 Å². The van der Waals surface area contributed by atoms with Gasteiger partial charge in [0.1, 0.15) is 8.24 Å². The molecule has 18 heavy (non-hydrogen) atoms. The van der Waals surface area contributed by atoms with E-state index in [0.29, 0.717) is 5.92 Å². The molecule has 1 nitrogen and oxygen atoms in total. The van der Waals surface area contributed by atoms with Crippen LogP contribution in [0.3, 0.4) is 0 Å². The van der Waals surface area contributed by atoms with Crippen LogP contribution in [-0.4, -0.2) is 13.8 Å². The van der Waals surface area contributed by atoms with Crippen molar-refractivity contribution in [2.75, 3.05) is 0 Å². The van der Waals surface area contributed by atoms with Gasteiger partial charge in [-0.1, -0.05) is 31.2 Å². The molecule has 1 unspecified atom stereocenters. The Hall–Kier alpha value is -0.343. The summed E-state index contributed by atoms with van der Waals surface area (Å²) in [4.78, 5) is 3.88. The fourth-order valence-corrected chi connectivity index (χ4v) is 6.91. The van der Waals surface area contributed by atoms with Gasteiger partial charge in [-0.05, 0) is 64.7 Å². The van der Waals surface area contributed by atoms with Gasteiger partial charge in [0.15, 0.2) is 0 Å². The van der Waals surface area contributed by atoms with Crippen LogP contribution in [0.25, 0.3) is 0 Å². The molecule has 0 saturated carbocycles. The van der Waals surface area contributed by atoms with Crippen LogP contribution in [0, 0.1) is 5.92 Å². The normalized spacial score (nSPS) is 22.2. The van der Waals surface area contributed by atoms with Crippen molar-refractivity contribution in [1.82, 2.24) is 4.98 Å². The number of allylic oxidation sites excluding steroid dienone is 4. The van der Waals surface area contributed by atoms with Crippen molar-refractivity contribution >= 4 is 8.24 Å². The third-order valence-electron chi connectivity index (χ3n) is 4.15. The lowest BCUT2D eigenvalue weighted by atomic mass is 10.00. The molecule has 0 aliphatic heterocycles. The van der Waals surface area contributed by atoms with Crippen molar-refractivity contribution in [2.45, 2.75) is 73.1 Å². The molecule has 0 fully saturated rings. The van der Waals surface area contributed by atoms with Crippen LogP contribution in [-0.2, 0) is 0 Å². The Bertz CT molecular complexity index is 394. The number of hydrogen-bond donors (Lipinski definition) is 1. The van der Waals surface area contributed by atoms with E-state index in [1.54, 1.807) is 16.7 Å². The maximum absolute atomic E-state index is 3.88. The Morgan fingerprint density at radius 3 is 1.89 bits per heavy atom. The van der Waals surface area contributed by atoms with E-state index in [9.17, 15) is 0 Å². The smallest absolute Gasteiger partial charge is 0.123 e. The summed E-state index contributed by atoms with van der Waals surface area (Å²) >= 11 is 0. The van der Waals surface area contributed by atoms with Gasteiger partial charge in [0.2, 0.25) is 0 Å². The third kappa shape index (κ3) is 3.58. The number of nitrogens with one attached hydrogen (secondary N) is 1. The quantitative estimate of drug-likeness (QED) is 0.717. The second-order valence-electron chi connectivity index (χ2n) is 7.62. The summed E-state index contributed by atoms with van der Waals surface area (Å²) in [5, 5.41) is 0. The van der Waals surface area contributed by atoms with Crippen molar-refractivity contribution in [3.63, 3.8) is 0 Å². The Morgan fingerprint density at radius 1 is 1.06 bits per heavy atom. The maximum atomic E-state index is 3.88. The SMILES string of the molecule is CC1=C(C)C(C)C(C[Si](C)(C)NC(C)(C)C)=C1C. The molecule has 2 heteroatoms. The van der Waals surface area contributed by atoms with Crippen LogP contribution >= 0.6 is 0 Å². The van der Waals surface area contributed by atoms with Gasteiger partial charge in [-0.15, -0.1) is 0 Å². The van der Waals surface area contributed by atoms with Crippen molar-refractivity contribution in [3.8, 4) is 0 Å². The second kappa shape index (κ2) is 4.97. The van der Waals surface area contributed by atoms with Crippen molar-refractivity contribution < 1.29 is 0 Å². The zero-order valence-electron chi connectivity index (χ0n) is 13.8. The van der Waals surface area contributed by atoms with Gasteiger partial charge in [-0.3, -0.25) is 0 Å². The molecule has 0 spiro atoms. The van der Waals surface area contributed by atoms with E-state index in [1.165, 1.54) is 11.6 Å². The van der Waals surface area contributed by atoms with Crippen molar-refractivity contribution in [2.24, 2.45) is 5.92 Å². The van der Waals surface area contributed by atoms with Crippen molar-refractivity contribution in [1.29, 1.82) is 0 Å². The Morgan fingerprint density at radius 2 is 1.56 bits per heavy atom. The summed E-state index contributed by atoms with van der Waals surface area (Å²) in [5.41, 5.74) is 6.56. The van der Waals surface area contributed by atoms with E-state index >= 15 is 0 Å². The van der Waals surface area contributed by atoms with E-state index in [1.807, 2.05) is 0 Å². The largest absolute Gasteiger partial charge is 0.332 e. The van der Waals surface area contributed by atoms with Crippen LogP contribution in [0.15, 0.2) is 22.3 Å². The van der Waals surface area contributed by atoms with Gasteiger partial charge in [-0.2, -0.15) is 0 Å². The second-order valence-corrected chi connectivity index (χ2v) is 12.0. The molecule has 0 aromatic rings. The highest BCUT2D eigenvalue weighted by Gasteiger charge is 2.32. The van der Waals surface area contributed by atoms with Crippen LogP contribution in [0.1, 0.15) is 48.5 Å². The minimum absolute atomic E-state index is 0.226. The van der Waals surface area contributed by atoms with Gasteiger partial charge in [0.05, 0.1) is 0 Å². The van der Waals surface area contributed by atoms with Crippen molar-refractivity contribution in [3.05, 3.63) is 22.3 Å². The summed E-state index contributed by atoms with van der Waals surface area (Å²) in [6.07, 6.45) is 0. The molecule has 1 atom stereocenters. The topological polar surface area (TPSA) is 12.0 Å². The Kier molecular flexibility index (Phi) is 4.34. The molecule has 1 N–H and O–H groups in total. The van der Waals surface area contributed by atoms with Gasteiger partial charge >= 0.3 is 0 Å². The van der Waals surface area contributed by atoms with E-state index in [0.717, 1.165) is 0 Å². The third-order valence-corrected chi connectivity index (χ3v) is 6.85. The van der Waals surface area contributed by atoms with E-state index in [2.05, 4.69) is 66.5 Å². The highest BCUT2D eigenvalue weighted by Crippen LogP contribution is 2.40. The zero-order chi connectivity index (χ0) is 14.3. The minimum atomic E-state index is -1.38. The van der Waals surface area contributed by atoms with E-state index in [-0.39, 0.29) is 5.54 Å². The van der Waals surface area contributed by atoms with Gasteiger partial charge in [0.25, 0.3) is 0 Å². The first-order valence-corrected chi connectivity index (χ1v) is 10.3. The molecule has 0 bridgehead atoms. The van der Waals surface area contributed by atoms with Crippen LogP contribution < -0.4 is 4.98 Å². The molecule has 0 amide bonds. The van der Waals surface area contributed by atoms with Gasteiger partial charge in [-0.25, -0.2) is 0 Å². The zero-order valence-corrected chi connectivity index (χ0v) is 14.8. The van der Waals surface area contributed by atoms with Crippen LogP contribution in [0.4, 0.5) is 0 Å². The van der Waals surface area contributed by atoms with E-state index in [4.69, 9.17) is 0 Å². The lowest BCUT2D eigenvalue weighted by molar-refractivity contribution is 0.511. The number of rotatable bonds is 3. The standard InChI is InChI=1S/C16H31NSi/c1-11-12(2)14(4)15(13(11)3)10-18(8,9)17-16(5,6)7/h13,17H,10H2,1-9H3. The molecule has 0 saturated heterocycles. The first kappa shape index (κ1) is 15.7. The van der Waals surface area contributed by atoms with Crippen LogP contribution in [0.2, 0.25) is 19.1 Å². The molecule has 1 aliphatic rings. The summed E-state index contributed by atoms with van der Waals surface area (Å²) < 4.78 is 0. The summed E-state index contributed by atoms with van der Waals surface area (Å²) in [6.45, 7) is 21.0. The Balaban J connectivity index is 2.87. The average Bonchev–Trinajstić information content (AvgIpc) is 2.32. The molecule has 0 radical (unpaired) electrons. The molecule has 1 rings (SSSR count). The van der Waals surface area contributed by atoms with Gasteiger partial charge < -0.3 is 4.98 Å². The molecule has 0 heterocycles. The lowest BCUT2D eigenvalue weighted by Crippen LogP contribution is -2.54. The summed E-state index contributed by atoms with van der Waals surface area (Å²) in [7, 11) is -1.38. The molecule has 0 aromatic carbocycles. The molecular weight excluding hydrogens is 234 g/mol. The van der Waals surface area contributed by atoms with Crippen LogP contribution in [0.5, 0.6) is 0 Å². The number of hydrogen-bond acceptors (Lipinski definition) is 1. The maximum Gasteiger partial charge on any atom is 0.123 e. The highest BCUT2D eigenvalue weighted by molar-refractivity contribution is 6.75. The molecule has 0 aromatic heterocycles. The predicted octanol–water partition coefficient (Wildman–Crippen LogP) is 4.88. The minimum Gasteiger partial charge on any atom is -0.332 e. The summed E-state index contributed by atoms with van der Waals surface area (Å²) in [6, 6.07) is 1.27. The highest BCUT2D eigenvalue weighted by atomic mass is 28.3. The fourth-order valence-electron chi connectivity index (χ4n) is 3.27. The van der Waals surface area contributed by atoms with E-state index < -0.39 is 8.24 Å². The monoisotopic (exact) mass is 265 g/mol. The Labute approximate surface area is 115 Å². The average molecular weight is 266 g/mol.